The van der Waals surface area contributed by atoms with Gasteiger partial charge >= 0.3 is 0 Å². The molecular formula is C22H23ClN2O3. The lowest BCUT2D eigenvalue weighted by Gasteiger charge is -2.32. The molecule has 3 rings (SSSR count). The van der Waals surface area contributed by atoms with E-state index >= 15 is 0 Å². The average Bonchev–Trinajstić information content (AvgIpc) is 2.65. The van der Waals surface area contributed by atoms with E-state index in [2.05, 4.69) is 26.1 Å². The van der Waals surface area contributed by atoms with E-state index < -0.39 is 0 Å². The van der Waals surface area contributed by atoms with Crippen LogP contribution in [0, 0.1) is 0 Å². The second kappa shape index (κ2) is 7.68. The van der Waals surface area contributed by atoms with Crippen LogP contribution in [0.15, 0.2) is 48.2 Å². The van der Waals surface area contributed by atoms with Crippen molar-refractivity contribution in [1.82, 2.24) is 5.32 Å². The van der Waals surface area contributed by atoms with Gasteiger partial charge in [0.1, 0.15) is 6.54 Å². The quantitative estimate of drug-likeness (QED) is 0.790. The topological polar surface area (TPSA) is 58.6 Å². The molecule has 0 fully saturated rings. The highest BCUT2D eigenvalue weighted by molar-refractivity contribution is 6.30. The fourth-order valence-electron chi connectivity index (χ4n) is 2.87. The molecule has 1 heterocycles. The van der Waals surface area contributed by atoms with Crippen molar-refractivity contribution >= 4 is 35.2 Å². The molecule has 146 valence electrons. The Labute approximate surface area is 169 Å². The summed E-state index contributed by atoms with van der Waals surface area (Å²) in [5.41, 5.74) is 2.32. The number of fused-ring (bicyclic) bond motifs is 1. The Hall–Kier alpha value is -2.79. The molecule has 0 unspecified atom stereocenters. The largest absolute Gasteiger partial charge is 0.449 e. The van der Waals surface area contributed by atoms with Crippen LogP contribution in [0.4, 0.5) is 5.69 Å². The van der Waals surface area contributed by atoms with Crippen molar-refractivity contribution in [3.8, 4) is 5.75 Å². The molecule has 2 aromatic rings. The summed E-state index contributed by atoms with van der Waals surface area (Å²) in [7, 11) is 1.55. The highest BCUT2D eigenvalue weighted by atomic mass is 35.5. The Morgan fingerprint density at radius 3 is 2.46 bits per heavy atom. The summed E-state index contributed by atoms with van der Waals surface area (Å²) in [5, 5.41) is 3.18. The Balaban J connectivity index is 2.06. The number of anilines is 1. The summed E-state index contributed by atoms with van der Waals surface area (Å²) in [6.45, 7) is 6.19. The summed E-state index contributed by atoms with van der Waals surface area (Å²) in [4.78, 5) is 26.6. The maximum absolute atomic E-state index is 13.1. The Bertz CT molecular complexity index is 943. The normalized spacial score (nSPS) is 15.2. The summed E-state index contributed by atoms with van der Waals surface area (Å²) < 4.78 is 5.90. The molecule has 28 heavy (non-hydrogen) atoms. The SMILES string of the molecule is CNC(=O)CN1C(=O)C(=Cc2ccc(Cl)cc2)Oc2ccc(C(C)(C)C)cc21. The number of nitrogens with zero attached hydrogens (tertiary/aromatic N) is 1. The van der Waals surface area contributed by atoms with Crippen LogP contribution in [0.2, 0.25) is 5.02 Å². The van der Waals surface area contributed by atoms with E-state index in [0.29, 0.717) is 16.5 Å². The van der Waals surface area contributed by atoms with Crippen molar-refractivity contribution in [2.45, 2.75) is 26.2 Å². The van der Waals surface area contributed by atoms with Crippen molar-refractivity contribution in [1.29, 1.82) is 0 Å². The molecule has 0 saturated heterocycles. The van der Waals surface area contributed by atoms with E-state index in [9.17, 15) is 9.59 Å². The van der Waals surface area contributed by atoms with Gasteiger partial charge in [-0.2, -0.15) is 0 Å². The lowest BCUT2D eigenvalue weighted by atomic mass is 9.86. The van der Waals surface area contributed by atoms with Gasteiger partial charge in [0.05, 0.1) is 5.69 Å². The Kier molecular flexibility index (Phi) is 5.47. The minimum atomic E-state index is -0.364. The second-order valence-electron chi connectivity index (χ2n) is 7.66. The number of carbonyl (C=O) groups is 2. The van der Waals surface area contributed by atoms with Gasteiger partial charge < -0.3 is 10.1 Å². The first-order valence-corrected chi connectivity index (χ1v) is 9.39. The van der Waals surface area contributed by atoms with E-state index in [4.69, 9.17) is 16.3 Å². The first-order valence-electron chi connectivity index (χ1n) is 9.01. The molecule has 5 nitrogen and oxygen atoms in total. The van der Waals surface area contributed by atoms with Gasteiger partial charge in [-0.1, -0.05) is 50.6 Å². The van der Waals surface area contributed by atoms with Crippen molar-refractivity contribution in [2.75, 3.05) is 18.5 Å². The van der Waals surface area contributed by atoms with Crippen LogP contribution in [-0.4, -0.2) is 25.4 Å². The number of rotatable bonds is 3. The number of carbonyl (C=O) groups excluding carboxylic acids is 2. The number of benzene rings is 2. The van der Waals surface area contributed by atoms with E-state index in [1.54, 1.807) is 37.4 Å². The summed E-state index contributed by atoms with van der Waals surface area (Å²) in [5.74, 6) is 0.0734. The molecule has 0 bridgehead atoms. The van der Waals surface area contributed by atoms with Crippen molar-refractivity contribution in [3.63, 3.8) is 0 Å². The number of amides is 2. The smallest absolute Gasteiger partial charge is 0.294 e. The number of halogens is 1. The minimum Gasteiger partial charge on any atom is -0.449 e. The van der Waals surface area contributed by atoms with Gasteiger partial charge in [-0.15, -0.1) is 0 Å². The molecule has 0 radical (unpaired) electrons. The molecule has 0 saturated carbocycles. The van der Waals surface area contributed by atoms with Crippen LogP contribution in [0.5, 0.6) is 5.75 Å². The van der Waals surface area contributed by atoms with Crippen LogP contribution in [0.25, 0.3) is 6.08 Å². The lowest BCUT2D eigenvalue weighted by molar-refractivity contribution is -0.123. The monoisotopic (exact) mass is 398 g/mol. The van der Waals surface area contributed by atoms with Crippen LogP contribution >= 0.6 is 11.6 Å². The maximum atomic E-state index is 13.1. The van der Waals surface area contributed by atoms with E-state index in [-0.39, 0.29) is 29.5 Å². The van der Waals surface area contributed by atoms with Crippen LogP contribution < -0.4 is 15.0 Å². The zero-order valence-corrected chi connectivity index (χ0v) is 17.1. The summed E-state index contributed by atoms with van der Waals surface area (Å²) >= 11 is 5.93. The third-order valence-corrected chi connectivity index (χ3v) is 4.79. The lowest BCUT2D eigenvalue weighted by Crippen LogP contribution is -2.43. The second-order valence-corrected chi connectivity index (χ2v) is 8.10. The van der Waals surface area contributed by atoms with Gasteiger partial charge in [-0.3, -0.25) is 14.5 Å². The number of ether oxygens (including phenoxy) is 1. The molecule has 2 amide bonds. The number of nitrogens with one attached hydrogen (secondary N) is 1. The highest BCUT2D eigenvalue weighted by Crippen LogP contribution is 2.39. The molecule has 0 spiro atoms. The zero-order chi connectivity index (χ0) is 20.5. The summed E-state index contributed by atoms with van der Waals surface area (Å²) in [6, 6.07) is 12.8. The molecule has 1 aliphatic rings. The third kappa shape index (κ3) is 4.20. The van der Waals surface area contributed by atoms with Gasteiger partial charge in [0, 0.05) is 12.1 Å². The number of likely N-dealkylation sites (N-methyl/N-ethyl adjacent to an activating group) is 1. The molecule has 1 aliphatic heterocycles. The van der Waals surface area contributed by atoms with Gasteiger partial charge in [-0.25, -0.2) is 0 Å². The van der Waals surface area contributed by atoms with Crippen molar-refractivity contribution < 1.29 is 14.3 Å². The molecule has 2 aromatic carbocycles. The van der Waals surface area contributed by atoms with Crippen LogP contribution in [0.3, 0.4) is 0 Å². The Morgan fingerprint density at radius 2 is 1.86 bits per heavy atom. The predicted molar refractivity (Wildman–Crippen MR) is 112 cm³/mol. The van der Waals surface area contributed by atoms with Gasteiger partial charge in [0.15, 0.2) is 11.5 Å². The first-order chi connectivity index (χ1) is 13.2. The highest BCUT2D eigenvalue weighted by Gasteiger charge is 2.32. The van der Waals surface area contributed by atoms with E-state index in [0.717, 1.165) is 11.1 Å². The standard InChI is InChI=1S/C22H23ClN2O3/c1-22(2,3)15-7-10-18-17(12-15)25(13-20(26)24-4)21(27)19(28-18)11-14-5-8-16(23)9-6-14/h5-12H,13H2,1-4H3,(H,24,26). The number of hydrogen-bond acceptors (Lipinski definition) is 3. The van der Waals surface area contributed by atoms with Crippen LogP contribution in [0.1, 0.15) is 31.9 Å². The fraction of sp³-hybridized carbons (Fsp3) is 0.273. The summed E-state index contributed by atoms with van der Waals surface area (Å²) in [6.07, 6.45) is 1.65. The maximum Gasteiger partial charge on any atom is 0.294 e. The zero-order valence-electron chi connectivity index (χ0n) is 16.4. The molecule has 1 N–H and O–H groups in total. The van der Waals surface area contributed by atoms with Gasteiger partial charge in [0.25, 0.3) is 5.91 Å². The van der Waals surface area contributed by atoms with E-state index in [1.165, 1.54) is 4.90 Å². The molecular weight excluding hydrogens is 376 g/mol. The van der Waals surface area contributed by atoms with Crippen molar-refractivity contribution in [2.24, 2.45) is 0 Å². The van der Waals surface area contributed by atoms with Gasteiger partial charge in [0.2, 0.25) is 5.91 Å². The average molecular weight is 399 g/mol. The van der Waals surface area contributed by atoms with Gasteiger partial charge in [-0.05, 0) is 46.9 Å². The van der Waals surface area contributed by atoms with Crippen LogP contribution in [-0.2, 0) is 15.0 Å². The molecule has 6 heteroatoms. The Morgan fingerprint density at radius 1 is 1.18 bits per heavy atom. The molecule has 0 atom stereocenters. The fourth-order valence-corrected chi connectivity index (χ4v) is 2.99. The molecule has 0 aromatic heterocycles. The van der Waals surface area contributed by atoms with Crippen molar-refractivity contribution in [3.05, 3.63) is 64.4 Å². The first kappa shape index (κ1) is 20.0. The molecule has 0 aliphatic carbocycles. The third-order valence-electron chi connectivity index (χ3n) is 4.54. The predicted octanol–water partition coefficient (Wildman–Crippen LogP) is 4.15. The number of hydrogen-bond donors (Lipinski definition) is 1. The van der Waals surface area contributed by atoms with E-state index in [1.807, 2.05) is 18.2 Å². The minimum absolute atomic E-state index is 0.0861.